The third kappa shape index (κ3) is 3.43. The number of aliphatic carboxylic acids is 1. The lowest BCUT2D eigenvalue weighted by atomic mass is 9.86. The normalized spacial score (nSPS) is 12.9. The monoisotopic (exact) mass is 327 g/mol. The first kappa shape index (κ1) is 17.2. The summed E-state index contributed by atoms with van der Waals surface area (Å²) in [6.07, 6.45) is -0.358. The zero-order valence-corrected chi connectivity index (χ0v) is 13.0. The Morgan fingerprint density at radius 2 is 1.58 bits per heavy atom. The van der Waals surface area contributed by atoms with Crippen molar-refractivity contribution in [2.24, 2.45) is 0 Å². The van der Waals surface area contributed by atoms with Crippen molar-refractivity contribution in [1.29, 1.82) is 0 Å². The van der Waals surface area contributed by atoms with E-state index in [1.165, 1.54) is 24.3 Å². The lowest BCUT2D eigenvalue weighted by Gasteiger charge is -2.28. The molecular weight excluding hydrogens is 310 g/mol. The molecule has 0 radical (unpaired) electrons. The quantitative estimate of drug-likeness (QED) is 0.702. The highest BCUT2D eigenvalue weighted by atomic mass is 16.4. The summed E-state index contributed by atoms with van der Waals surface area (Å²) in [4.78, 5) is 36.3. The highest BCUT2D eigenvalue weighted by molar-refractivity contribution is 6.11. The predicted octanol–water partition coefficient (Wildman–Crippen LogP) is 1.78. The number of amides is 1. The van der Waals surface area contributed by atoms with E-state index in [4.69, 9.17) is 0 Å². The molecule has 0 bridgehead atoms. The van der Waals surface area contributed by atoms with Gasteiger partial charge >= 0.3 is 5.97 Å². The number of aromatic hydroxyl groups is 1. The molecule has 1 atom stereocenters. The molecule has 0 aliphatic rings. The maximum absolute atomic E-state index is 12.4. The van der Waals surface area contributed by atoms with Crippen LogP contribution in [0.15, 0.2) is 54.6 Å². The molecular formula is C18H17NO5. The minimum Gasteiger partial charge on any atom is -0.508 e. The lowest BCUT2D eigenvalue weighted by Crippen LogP contribution is -2.60. The van der Waals surface area contributed by atoms with E-state index >= 15 is 0 Å². The number of phenolic OH excluding ortho intramolecular Hbond substituents is 1. The van der Waals surface area contributed by atoms with Gasteiger partial charge in [0.15, 0.2) is 5.78 Å². The van der Waals surface area contributed by atoms with Crippen LogP contribution in [0.2, 0.25) is 0 Å². The zero-order chi connectivity index (χ0) is 17.7. The van der Waals surface area contributed by atoms with E-state index < -0.39 is 23.2 Å². The first-order valence-electron chi connectivity index (χ1n) is 7.25. The molecule has 0 spiro atoms. The van der Waals surface area contributed by atoms with Crippen LogP contribution in [-0.2, 0) is 16.0 Å². The molecule has 0 aliphatic carbocycles. The highest BCUT2D eigenvalue weighted by Crippen LogP contribution is 2.23. The molecule has 0 heterocycles. The molecule has 2 rings (SSSR count). The van der Waals surface area contributed by atoms with E-state index in [9.17, 15) is 24.6 Å². The molecule has 0 saturated heterocycles. The molecule has 1 amide bonds. The maximum atomic E-state index is 12.4. The number of Topliss-reactive ketones (excluding diaryl/α,β-unsaturated/α-hetero) is 1. The molecule has 24 heavy (non-hydrogen) atoms. The van der Waals surface area contributed by atoms with Crippen molar-refractivity contribution in [3.05, 3.63) is 65.7 Å². The van der Waals surface area contributed by atoms with Crippen molar-refractivity contribution < 1.29 is 24.6 Å². The molecule has 0 aliphatic heterocycles. The van der Waals surface area contributed by atoms with Crippen LogP contribution in [0.3, 0.4) is 0 Å². The van der Waals surface area contributed by atoms with Crippen molar-refractivity contribution in [2.75, 3.05) is 0 Å². The fraction of sp³-hybridized carbons (Fsp3) is 0.167. The number of ketones is 1. The molecule has 6 nitrogen and oxygen atoms in total. The van der Waals surface area contributed by atoms with Gasteiger partial charge in [-0.15, -0.1) is 0 Å². The van der Waals surface area contributed by atoms with Crippen molar-refractivity contribution >= 4 is 17.7 Å². The Bertz CT molecular complexity index is 756. The van der Waals surface area contributed by atoms with Crippen molar-refractivity contribution in [3.63, 3.8) is 0 Å². The topological polar surface area (TPSA) is 104 Å². The number of carboxylic acids is 1. The van der Waals surface area contributed by atoms with Gasteiger partial charge in [0.2, 0.25) is 5.54 Å². The van der Waals surface area contributed by atoms with Crippen LogP contribution in [0.5, 0.6) is 5.75 Å². The summed E-state index contributed by atoms with van der Waals surface area (Å²) in [5.74, 6) is -3.04. The number of carbonyl (C=O) groups is 3. The van der Waals surface area contributed by atoms with Gasteiger partial charge in [-0.1, -0.05) is 36.4 Å². The van der Waals surface area contributed by atoms with E-state index in [2.05, 4.69) is 5.32 Å². The summed E-state index contributed by atoms with van der Waals surface area (Å²) in [5, 5.41) is 21.8. The second kappa shape index (κ2) is 6.95. The molecule has 1 unspecified atom stereocenters. The molecule has 6 heteroatoms. The summed E-state index contributed by atoms with van der Waals surface area (Å²) < 4.78 is 0. The molecule has 0 aromatic heterocycles. The van der Waals surface area contributed by atoms with Crippen LogP contribution in [0, 0.1) is 0 Å². The fourth-order valence-corrected chi connectivity index (χ4v) is 2.34. The van der Waals surface area contributed by atoms with Gasteiger partial charge in [-0.25, -0.2) is 4.79 Å². The Balaban J connectivity index is 2.41. The number of phenols is 1. The minimum atomic E-state index is -2.16. The lowest BCUT2D eigenvalue weighted by molar-refractivity contribution is -0.149. The molecule has 0 saturated carbocycles. The van der Waals surface area contributed by atoms with Crippen LogP contribution in [-0.4, -0.2) is 33.4 Å². The van der Waals surface area contributed by atoms with Gasteiger partial charge < -0.3 is 15.5 Å². The van der Waals surface area contributed by atoms with Crippen LogP contribution >= 0.6 is 0 Å². The molecule has 2 aromatic carbocycles. The third-order valence-corrected chi connectivity index (χ3v) is 3.78. The standard InChI is InChI=1S/C18H17NO5/c1-12(20)18(17(23)24,11-14-9-5-6-10-15(14)21)19-16(22)13-7-3-2-4-8-13/h2-10,21H,11H2,1H3,(H,19,22)(H,23,24). The second-order valence-electron chi connectivity index (χ2n) is 5.39. The van der Waals surface area contributed by atoms with Gasteiger partial charge in [0.05, 0.1) is 0 Å². The largest absolute Gasteiger partial charge is 0.508 e. The van der Waals surface area contributed by atoms with Crippen molar-refractivity contribution in [3.8, 4) is 5.75 Å². The predicted molar refractivity (Wildman–Crippen MR) is 86.8 cm³/mol. The van der Waals surface area contributed by atoms with Gasteiger partial charge in [0.1, 0.15) is 5.75 Å². The summed E-state index contributed by atoms with van der Waals surface area (Å²) >= 11 is 0. The minimum absolute atomic E-state index is 0.140. The number of carboxylic acid groups (broad SMARTS) is 1. The first-order valence-corrected chi connectivity index (χ1v) is 7.25. The van der Waals surface area contributed by atoms with E-state index in [0.717, 1.165) is 6.92 Å². The maximum Gasteiger partial charge on any atom is 0.337 e. The number of carbonyl (C=O) groups excluding carboxylic acids is 2. The number of benzene rings is 2. The van der Waals surface area contributed by atoms with Crippen LogP contribution in [0.4, 0.5) is 0 Å². The van der Waals surface area contributed by atoms with E-state index in [1.807, 2.05) is 0 Å². The van der Waals surface area contributed by atoms with E-state index in [1.54, 1.807) is 30.3 Å². The molecule has 3 N–H and O–H groups in total. The molecule has 2 aromatic rings. The fourth-order valence-electron chi connectivity index (χ4n) is 2.34. The summed E-state index contributed by atoms with van der Waals surface area (Å²) in [5.41, 5.74) is -1.67. The van der Waals surface area contributed by atoms with E-state index in [0.29, 0.717) is 0 Å². The Kier molecular flexibility index (Phi) is 4.99. The highest BCUT2D eigenvalue weighted by Gasteiger charge is 2.45. The smallest absolute Gasteiger partial charge is 0.337 e. The van der Waals surface area contributed by atoms with Gasteiger partial charge in [0.25, 0.3) is 5.91 Å². The van der Waals surface area contributed by atoms with E-state index in [-0.39, 0.29) is 23.3 Å². The number of nitrogens with one attached hydrogen (secondary N) is 1. The van der Waals surface area contributed by atoms with Gasteiger partial charge in [-0.3, -0.25) is 9.59 Å². The number of para-hydroxylation sites is 1. The summed E-state index contributed by atoms with van der Waals surface area (Å²) in [6.45, 7) is 1.10. The van der Waals surface area contributed by atoms with Crippen LogP contribution in [0.25, 0.3) is 0 Å². The average Bonchev–Trinajstić information content (AvgIpc) is 2.56. The number of hydrogen-bond donors (Lipinski definition) is 3. The Labute approximate surface area is 138 Å². The van der Waals surface area contributed by atoms with Gasteiger partial charge in [0, 0.05) is 12.0 Å². The Hall–Kier alpha value is -3.15. The van der Waals surface area contributed by atoms with Gasteiger partial charge in [-0.05, 0) is 30.7 Å². The Morgan fingerprint density at radius 3 is 2.12 bits per heavy atom. The van der Waals surface area contributed by atoms with Crippen molar-refractivity contribution in [2.45, 2.75) is 18.9 Å². The number of hydrogen-bond acceptors (Lipinski definition) is 4. The van der Waals surface area contributed by atoms with Gasteiger partial charge in [-0.2, -0.15) is 0 Å². The van der Waals surface area contributed by atoms with Crippen molar-refractivity contribution in [1.82, 2.24) is 5.32 Å². The number of rotatable bonds is 6. The average molecular weight is 327 g/mol. The summed E-state index contributed by atoms with van der Waals surface area (Å²) in [6, 6.07) is 14.1. The SMILES string of the molecule is CC(=O)C(Cc1ccccc1O)(NC(=O)c1ccccc1)C(=O)O. The van der Waals surface area contributed by atoms with Crippen LogP contribution < -0.4 is 5.32 Å². The molecule has 0 fully saturated rings. The summed E-state index contributed by atoms with van der Waals surface area (Å²) in [7, 11) is 0. The zero-order valence-electron chi connectivity index (χ0n) is 13.0. The second-order valence-corrected chi connectivity index (χ2v) is 5.39. The Morgan fingerprint density at radius 1 is 1.00 bits per heavy atom. The van der Waals surface area contributed by atoms with Crippen LogP contribution in [0.1, 0.15) is 22.8 Å². The third-order valence-electron chi connectivity index (χ3n) is 3.78. The molecule has 124 valence electrons. The first-order chi connectivity index (χ1) is 11.4.